The zero-order chi connectivity index (χ0) is 11.5. The largest absolute Gasteiger partial charge is 0.490 e. The molecule has 7 heteroatoms. The van der Waals surface area contributed by atoms with Gasteiger partial charge < -0.3 is 9.15 Å². The van der Waals surface area contributed by atoms with Crippen LogP contribution in [0.3, 0.4) is 0 Å². The number of ether oxygens (including phenoxy) is 1. The quantitative estimate of drug-likeness (QED) is 0.582. The predicted molar refractivity (Wildman–Crippen MR) is 42.7 cm³/mol. The van der Waals surface area contributed by atoms with Gasteiger partial charge in [-0.15, -0.1) is 4.99 Å². The molecular weight excluding hydrogens is 215 g/mol. The fraction of sp³-hybridized carbons (Fsp3) is 0.375. The van der Waals surface area contributed by atoms with Crippen LogP contribution in [0.25, 0.3) is 0 Å². The van der Waals surface area contributed by atoms with Crippen molar-refractivity contribution in [1.82, 2.24) is 0 Å². The van der Waals surface area contributed by atoms with E-state index in [4.69, 9.17) is 0 Å². The standard InChI is InChI=1S/C8H6F3NO3/c1-2-14-5-3-15-7(12-4-13)6(5)8(9,10)11/h3H,2H2,1H3. The van der Waals surface area contributed by atoms with Gasteiger partial charge in [-0.05, 0) is 6.92 Å². The molecular formula is C8H6F3NO3. The molecule has 0 amide bonds. The van der Waals surface area contributed by atoms with Gasteiger partial charge in [0.1, 0.15) is 6.26 Å². The molecule has 4 nitrogen and oxygen atoms in total. The van der Waals surface area contributed by atoms with Crippen molar-refractivity contribution < 1.29 is 27.1 Å². The molecule has 0 spiro atoms. The number of isocyanates is 1. The second-order valence-electron chi connectivity index (χ2n) is 2.41. The van der Waals surface area contributed by atoms with Crippen LogP contribution in [0, 0.1) is 0 Å². The van der Waals surface area contributed by atoms with Gasteiger partial charge >= 0.3 is 6.18 Å². The van der Waals surface area contributed by atoms with E-state index in [1.165, 1.54) is 6.92 Å². The Bertz CT molecular complexity index is 390. The lowest BCUT2D eigenvalue weighted by Crippen LogP contribution is -2.06. The number of hydrogen-bond acceptors (Lipinski definition) is 4. The third kappa shape index (κ3) is 2.38. The molecule has 0 bridgehead atoms. The topological polar surface area (TPSA) is 51.8 Å². The second-order valence-corrected chi connectivity index (χ2v) is 2.41. The molecule has 0 saturated carbocycles. The number of nitrogens with zero attached hydrogens (tertiary/aromatic N) is 1. The number of aliphatic imine (C=N–C) groups is 1. The van der Waals surface area contributed by atoms with E-state index >= 15 is 0 Å². The van der Waals surface area contributed by atoms with Gasteiger partial charge in [0.25, 0.3) is 0 Å². The zero-order valence-electron chi connectivity index (χ0n) is 7.59. The number of alkyl halides is 3. The lowest BCUT2D eigenvalue weighted by molar-refractivity contribution is -0.138. The minimum absolute atomic E-state index is 0.0485. The summed E-state index contributed by atoms with van der Waals surface area (Å²) in [5.74, 6) is -1.33. The average molecular weight is 221 g/mol. The van der Waals surface area contributed by atoms with Gasteiger partial charge in [-0.25, -0.2) is 4.79 Å². The monoisotopic (exact) mass is 221 g/mol. The van der Waals surface area contributed by atoms with Crippen LogP contribution in [0.5, 0.6) is 5.75 Å². The first-order chi connectivity index (χ1) is 7.00. The van der Waals surface area contributed by atoms with E-state index in [9.17, 15) is 18.0 Å². The molecule has 0 radical (unpaired) electrons. The molecule has 82 valence electrons. The smallest absolute Gasteiger partial charge is 0.425 e. The van der Waals surface area contributed by atoms with Crippen molar-refractivity contribution in [3.63, 3.8) is 0 Å². The first-order valence-electron chi connectivity index (χ1n) is 3.90. The fourth-order valence-corrected chi connectivity index (χ4v) is 0.979. The Morgan fingerprint density at radius 1 is 1.60 bits per heavy atom. The van der Waals surface area contributed by atoms with Crippen LogP contribution in [-0.4, -0.2) is 12.7 Å². The first kappa shape index (κ1) is 11.3. The molecule has 0 aromatic carbocycles. The van der Waals surface area contributed by atoms with E-state index in [-0.39, 0.29) is 6.61 Å². The number of halogens is 3. The van der Waals surface area contributed by atoms with Gasteiger partial charge in [-0.1, -0.05) is 0 Å². The molecule has 1 aromatic rings. The third-order valence-corrected chi connectivity index (χ3v) is 1.47. The van der Waals surface area contributed by atoms with E-state index in [2.05, 4.69) is 14.1 Å². The Morgan fingerprint density at radius 3 is 2.73 bits per heavy atom. The first-order valence-corrected chi connectivity index (χ1v) is 3.90. The summed E-state index contributed by atoms with van der Waals surface area (Å²) in [4.78, 5) is 12.7. The highest BCUT2D eigenvalue weighted by Gasteiger charge is 2.40. The fourth-order valence-electron chi connectivity index (χ4n) is 0.979. The number of hydrogen-bond donors (Lipinski definition) is 0. The van der Waals surface area contributed by atoms with Gasteiger partial charge in [0.05, 0.1) is 6.61 Å². The van der Waals surface area contributed by atoms with Crippen molar-refractivity contribution in [3.8, 4) is 5.75 Å². The molecule has 15 heavy (non-hydrogen) atoms. The lowest BCUT2D eigenvalue weighted by Gasteiger charge is -2.07. The Labute approximate surface area is 82.4 Å². The molecule has 0 atom stereocenters. The molecule has 0 unspecified atom stereocenters. The molecule has 0 saturated heterocycles. The Balaban J connectivity index is 3.26. The SMILES string of the molecule is CCOc1coc(N=C=O)c1C(F)(F)F. The predicted octanol–water partition coefficient (Wildman–Crippen LogP) is 2.66. The van der Waals surface area contributed by atoms with E-state index in [0.717, 1.165) is 12.3 Å². The number of carbonyl (C=O) groups excluding carboxylic acids is 1. The van der Waals surface area contributed by atoms with Crippen LogP contribution in [0.1, 0.15) is 12.5 Å². The minimum Gasteiger partial charge on any atom is -0.490 e. The molecule has 1 aromatic heterocycles. The summed E-state index contributed by atoms with van der Waals surface area (Å²) in [6.07, 6.45) is -2.96. The van der Waals surface area contributed by atoms with Crippen LogP contribution in [0.4, 0.5) is 19.1 Å². The normalized spacial score (nSPS) is 10.9. The van der Waals surface area contributed by atoms with E-state index in [1.54, 1.807) is 0 Å². The molecule has 1 heterocycles. The molecule has 1 rings (SSSR count). The van der Waals surface area contributed by atoms with Crippen molar-refractivity contribution in [1.29, 1.82) is 0 Å². The highest BCUT2D eigenvalue weighted by molar-refractivity contribution is 5.53. The second kappa shape index (κ2) is 4.18. The Hall–Kier alpha value is -1.75. The van der Waals surface area contributed by atoms with Crippen LogP contribution in [0.2, 0.25) is 0 Å². The van der Waals surface area contributed by atoms with Crippen molar-refractivity contribution in [2.24, 2.45) is 4.99 Å². The molecule has 0 aliphatic heterocycles. The Morgan fingerprint density at radius 2 is 2.27 bits per heavy atom. The van der Waals surface area contributed by atoms with E-state index in [1.807, 2.05) is 0 Å². The highest BCUT2D eigenvalue weighted by atomic mass is 19.4. The van der Waals surface area contributed by atoms with Gasteiger partial charge in [-0.3, -0.25) is 0 Å². The molecule has 0 fully saturated rings. The van der Waals surface area contributed by atoms with Crippen LogP contribution in [0.15, 0.2) is 15.7 Å². The minimum atomic E-state index is -4.69. The lowest BCUT2D eigenvalue weighted by atomic mass is 10.3. The summed E-state index contributed by atoms with van der Waals surface area (Å²) in [7, 11) is 0. The summed E-state index contributed by atoms with van der Waals surface area (Å²) < 4.78 is 46.5. The summed E-state index contributed by atoms with van der Waals surface area (Å²) in [6, 6.07) is 0. The summed E-state index contributed by atoms with van der Waals surface area (Å²) >= 11 is 0. The molecule has 0 aliphatic carbocycles. The average Bonchev–Trinajstić information content (AvgIpc) is 2.48. The molecule has 0 N–H and O–H groups in total. The van der Waals surface area contributed by atoms with Gasteiger partial charge in [0, 0.05) is 0 Å². The molecule has 0 aliphatic rings. The third-order valence-electron chi connectivity index (χ3n) is 1.47. The zero-order valence-corrected chi connectivity index (χ0v) is 7.59. The van der Waals surface area contributed by atoms with Crippen LogP contribution >= 0.6 is 0 Å². The Kier molecular flexibility index (Phi) is 3.16. The number of furan rings is 1. The summed E-state index contributed by atoms with van der Waals surface area (Å²) in [5.41, 5.74) is -1.20. The van der Waals surface area contributed by atoms with E-state index in [0.29, 0.717) is 0 Å². The number of rotatable bonds is 3. The van der Waals surface area contributed by atoms with Crippen molar-refractivity contribution in [2.45, 2.75) is 13.1 Å². The van der Waals surface area contributed by atoms with Crippen LogP contribution in [-0.2, 0) is 11.0 Å². The van der Waals surface area contributed by atoms with Crippen molar-refractivity contribution >= 4 is 12.0 Å². The maximum absolute atomic E-state index is 12.5. The summed E-state index contributed by atoms with van der Waals surface area (Å²) in [6.45, 7) is 1.57. The van der Waals surface area contributed by atoms with E-state index < -0.39 is 23.4 Å². The highest BCUT2D eigenvalue weighted by Crippen LogP contribution is 2.43. The van der Waals surface area contributed by atoms with Gasteiger partial charge in [-0.2, -0.15) is 13.2 Å². The van der Waals surface area contributed by atoms with Crippen molar-refractivity contribution in [3.05, 3.63) is 11.8 Å². The van der Waals surface area contributed by atoms with Gasteiger partial charge in [0.15, 0.2) is 11.3 Å². The van der Waals surface area contributed by atoms with Crippen LogP contribution < -0.4 is 4.74 Å². The maximum atomic E-state index is 12.5. The van der Waals surface area contributed by atoms with Crippen molar-refractivity contribution in [2.75, 3.05) is 6.61 Å². The maximum Gasteiger partial charge on any atom is 0.425 e. The summed E-state index contributed by atoms with van der Waals surface area (Å²) in [5, 5.41) is 0. The van der Waals surface area contributed by atoms with Gasteiger partial charge in [0.2, 0.25) is 12.0 Å².